The Bertz CT molecular complexity index is 270. The molecule has 1 aromatic heterocycles. The first-order chi connectivity index (χ1) is 6.85. The van der Waals surface area contributed by atoms with Gasteiger partial charge in [-0.2, -0.15) is 0 Å². The van der Waals surface area contributed by atoms with Crippen LogP contribution in [0.25, 0.3) is 0 Å². The molecule has 78 valence electrons. The molecule has 0 radical (unpaired) electrons. The number of aliphatic hydroxyl groups is 1. The molecule has 1 aromatic rings. The summed E-state index contributed by atoms with van der Waals surface area (Å²) in [6, 6.07) is 0. The molecular weight excluding hydrogens is 198 g/mol. The Hall–Kier alpha value is -0.680. The fourth-order valence-corrected chi connectivity index (χ4v) is 2.47. The average molecular weight is 213 g/mol. The van der Waals surface area contributed by atoms with E-state index in [9.17, 15) is 5.11 Å². The number of nitrogens with one attached hydrogen (secondary N) is 1. The van der Waals surface area contributed by atoms with Gasteiger partial charge in [0.1, 0.15) is 5.51 Å². The van der Waals surface area contributed by atoms with E-state index in [0.29, 0.717) is 0 Å². The summed E-state index contributed by atoms with van der Waals surface area (Å²) in [5, 5.41) is 21.1. The Morgan fingerprint density at radius 1 is 1.50 bits per heavy atom. The van der Waals surface area contributed by atoms with Crippen LogP contribution in [-0.2, 0) is 0 Å². The van der Waals surface area contributed by atoms with Crippen molar-refractivity contribution in [2.45, 2.75) is 25.7 Å². The number of aliphatic hydroxyl groups excluding tert-OH is 1. The summed E-state index contributed by atoms with van der Waals surface area (Å²) in [5.41, 5.74) is 1.80. The molecule has 1 aliphatic rings. The molecule has 0 spiro atoms. The van der Waals surface area contributed by atoms with E-state index in [1.54, 1.807) is 5.51 Å². The third kappa shape index (κ3) is 2.04. The molecule has 0 amide bonds. The second kappa shape index (κ2) is 4.23. The molecule has 1 saturated carbocycles. The summed E-state index contributed by atoms with van der Waals surface area (Å²) in [6.45, 7) is 1.09. The third-order valence-corrected chi connectivity index (χ3v) is 3.62. The van der Waals surface area contributed by atoms with Crippen LogP contribution in [0.2, 0.25) is 0 Å². The van der Waals surface area contributed by atoms with E-state index in [0.717, 1.165) is 24.5 Å². The number of rotatable bonds is 4. The summed E-state index contributed by atoms with van der Waals surface area (Å²) < 4.78 is 0. The normalized spacial score (nSPS) is 19.8. The Labute approximate surface area is 87.4 Å². The van der Waals surface area contributed by atoms with Crippen LogP contribution >= 0.6 is 11.3 Å². The van der Waals surface area contributed by atoms with Crippen LogP contribution in [0.3, 0.4) is 0 Å². The number of hydrogen-bond donors (Lipinski definition) is 2. The average Bonchev–Trinajstić information content (AvgIpc) is 2.87. The highest BCUT2D eigenvalue weighted by Gasteiger charge is 2.33. The van der Waals surface area contributed by atoms with Gasteiger partial charge in [0, 0.05) is 12.0 Å². The van der Waals surface area contributed by atoms with E-state index in [2.05, 4.69) is 15.5 Å². The number of hydrogen-bond acceptors (Lipinski definition) is 5. The zero-order valence-corrected chi connectivity index (χ0v) is 8.89. The van der Waals surface area contributed by atoms with E-state index >= 15 is 0 Å². The van der Waals surface area contributed by atoms with Crippen LogP contribution in [0, 0.1) is 5.41 Å². The standard InChI is InChI=1S/C9H15N3OS/c13-6-9(3-1-2-4-9)5-10-8-12-11-7-14-8/h7,13H,1-6H2,(H,10,12). The van der Waals surface area contributed by atoms with E-state index < -0.39 is 0 Å². The lowest BCUT2D eigenvalue weighted by molar-refractivity contribution is 0.142. The Balaban J connectivity index is 1.89. The maximum atomic E-state index is 9.37. The summed E-state index contributed by atoms with van der Waals surface area (Å²) >= 11 is 1.50. The fraction of sp³-hybridized carbons (Fsp3) is 0.778. The van der Waals surface area contributed by atoms with Gasteiger partial charge < -0.3 is 10.4 Å². The van der Waals surface area contributed by atoms with Gasteiger partial charge in [-0.05, 0) is 12.8 Å². The minimum atomic E-state index is 0.0890. The molecule has 0 saturated heterocycles. The zero-order valence-electron chi connectivity index (χ0n) is 8.07. The molecular formula is C9H15N3OS. The van der Waals surface area contributed by atoms with Crippen LogP contribution in [0.15, 0.2) is 5.51 Å². The molecule has 14 heavy (non-hydrogen) atoms. The van der Waals surface area contributed by atoms with Crippen molar-refractivity contribution in [2.24, 2.45) is 5.41 Å². The Morgan fingerprint density at radius 3 is 2.86 bits per heavy atom. The molecule has 2 rings (SSSR count). The van der Waals surface area contributed by atoms with Crippen molar-refractivity contribution in [2.75, 3.05) is 18.5 Å². The predicted octanol–water partition coefficient (Wildman–Crippen LogP) is 1.50. The van der Waals surface area contributed by atoms with Gasteiger partial charge in [-0.3, -0.25) is 0 Å². The molecule has 2 N–H and O–H groups in total. The van der Waals surface area contributed by atoms with Gasteiger partial charge in [-0.1, -0.05) is 24.2 Å². The fourth-order valence-electron chi connectivity index (χ4n) is 2.03. The first-order valence-electron chi connectivity index (χ1n) is 4.96. The van der Waals surface area contributed by atoms with Crippen molar-refractivity contribution in [3.8, 4) is 0 Å². The summed E-state index contributed by atoms with van der Waals surface area (Å²) in [7, 11) is 0. The van der Waals surface area contributed by atoms with Crippen LogP contribution in [-0.4, -0.2) is 28.5 Å². The highest BCUT2D eigenvalue weighted by molar-refractivity contribution is 7.13. The molecule has 4 nitrogen and oxygen atoms in total. The van der Waals surface area contributed by atoms with Gasteiger partial charge in [0.25, 0.3) is 0 Å². The summed E-state index contributed by atoms with van der Waals surface area (Å²) in [5.74, 6) is 0. The van der Waals surface area contributed by atoms with Crippen molar-refractivity contribution < 1.29 is 5.11 Å². The number of aromatic nitrogens is 2. The molecule has 0 aliphatic heterocycles. The van der Waals surface area contributed by atoms with Gasteiger partial charge in [0.15, 0.2) is 0 Å². The van der Waals surface area contributed by atoms with Crippen molar-refractivity contribution >= 4 is 16.5 Å². The molecule has 0 atom stereocenters. The first kappa shape index (κ1) is 9.86. The molecule has 0 bridgehead atoms. The second-order valence-electron chi connectivity index (χ2n) is 3.96. The molecule has 0 aromatic carbocycles. The summed E-state index contributed by atoms with van der Waals surface area (Å²) in [6.07, 6.45) is 4.71. The van der Waals surface area contributed by atoms with Gasteiger partial charge >= 0.3 is 0 Å². The molecule has 1 fully saturated rings. The minimum absolute atomic E-state index is 0.0890. The van der Waals surface area contributed by atoms with Gasteiger partial charge in [0.2, 0.25) is 5.13 Å². The van der Waals surface area contributed by atoms with Crippen molar-refractivity contribution in [1.29, 1.82) is 0 Å². The molecule has 0 unspecified atom stereocenters. The molecule has 1 heterocycles. The van der Waals surface area contributed by atoms with E-state index in [-0.39, 0.29) is 12.0 Å². The van der Waals surface area contributed by atoms with E-state index in [4.69, 9.17) is 0 Å². The smallest absolute Gasteiger partial charge is 0.205 e. The van der Waals surface area contributed by atoms with E-state index in [1.807, 2.05) is 0 Å². The Morgan fingerprint density at radius 2 is 2.29 bits per heavy atom. The largest absolute Gasteiger partial charge is 0.396 e. The zero-order chi connectivity index (χ0) is 9.86. The van der Waals surface area contributed by atoms with Crippen molar-refractivity contribution in [3.05, 3.63) is 5.51 Å². The molecule has 1 aliphatic carbocycles. The van der Waals surface area contributed by atoms with Crippen molar-refractivity contribution in [3.63, 3.8) is 0 Å². The highest BCUT2D eigenvalue weighted by Crippen LogP contribution is 2.37. The summed E-state index contributed by atoms with van der Waals surface area (Å²) in [4.78, 5) is 0. The highest BCUT2D eigenvalue weighted by atomic mass is 32.1. The van der Waals surface area contributed by atoms with Crippen LogP contribution < -0.4 is 5.32 Å². The lowest BCUT2D eigenvalue weighted by Gasteiger charge is -2.26. The van der Waals surface area contributed by atoms with Crippen LogP contribution in [0.5, 0.6) is 0 Å². The SMILES string of the molecule is OCC1(CNc2nncs2)CCCC1. The maximum Gasteiger partial charge on any atom is 0.205 e. The topological polar surface area (TPSA) is 58.0 Å². The van der Waals surface area contributed by atoms with Crippen LogP contribution in [0.1, 0.15) is 25.7 Å². The third-order valence-electron chi connectivity index (χ3n) is 2.97. The monoisotopic (exact) mass is 213 g/mol. The first-order valence-corrected chi connectivity index (χ1v) is 5.84. The van der Waals surface area contributed by atoms with Gasteiger partial charge in [0.05, 0.1) is 6.61 Å². The lowest BCUT2D eigenvalue weighted by atomic mass is 9.87. The number of anilines is 1. The Kier molecular flexibility index (Phi) is 2.98. The lowest BCUT2D eigenvalue weighted by Crippen LogP contribution is -2.30. The maximum absolute atomic E-state index is 9.37. The second-order valence-corrected chi connectivity index (χ2v) is 4.80. The quantitative estimate of drug-likeness (QED) is 0.796. The minimum Gasteiger partial charge on any atom is -0.396 e. The van der Waals surface area contributed by atoms with E-state index in [1.165, 1.54) is 24.2 Å². The number of nitrogens with zero attached hydrogens (tertiary/aromatic N) is 2. The van der Waals surface area contributed by atoms with Gasteiger partial charge in [-0.25, -0.2) is 0 Å². The van der Waals surface area contributed by atoms with Crippen LogP contribution in [0.4, 0.5) is 5.13 Å². The van der Waals surface area contributed by atoms with Gasteiger partial charge in [-0.15, -0.1) is 10.2 Å². The predicted molar refractivity (Wildman–Crippen MR) is 56.4 cm³/mol. The van der Waals surface area contributed by atoms with Crippen molar-refractivity contribution in [1.82, 2.24) is 10.2 Å². The molecule has 5 heteroatoms.